The number of piperidine rings is 1. The Kier molecular flexibility index (Phi) is 5.47. The van der Waals surface area contributed by atoms with Gasteiger partial charge >= 0.3 is 0 Å². The Morgan fingerprint density at radius 2 is 1.96 bits per heavy atom. The molecule has 1 N–H and O–H groups in total. The molecule has 2 aromatic carbocycles. The van der Waals surface area contributed by atoms with Gasteiger partial charge in [-0.05, 0) is 72.3 Å². The van der Waals surface area contributed by atoms with Gasteiger partial charge < -0.3 is 10.2 Å². The van der Waals surface area contributed by atoms with Gasteiger partial charge in [0.15, 0.2) is 0 Å². The zero-order chi connectivity index (χ0) is 19.5. The predicted octanol–water partition coefficient (Wildman–Crippen LogP) is 5.32. The molecule has 5 heteroatoms. The average Bonchev–Trinajstić information content (AvgIpc) is 2.73. The molecule has 3 aromatic rings. The fourth-order valence-electron chi connectivity index (χ4n) is 3.92. The molecule has 142 valence electrons. The van der Waals surface area contributed by atoms with E-state index in [4.69, 9.17) is 11.6 Å². The number of benzene rings is 2. The Morgan fingerprint density at radius 1 is 1.18 bits per heavy atom. The van der Waals surface area contributed by atoms with Crippen molar-refractivity contribution in [2.24, 2.45) is 0 Å². The number of nitrogens with one attached hydrogen (secondary N) is 1. The highest BCUT2D eigenvalue weighted by molar-refractivity contribution is 6.31. The SMILES string of the molecule is CCN1CCC(Nc2cc(-c3cc(Cl)cc(C#N)c3)cc3ccncc23)CC1. The number of aromatic nitrogens is 1. The molecule has 1 aliphatic heterocycles. The van der Waals surface area contributed by atoms with Crippen molar-refractivity contribution in [3.8, 4) is 17.2 Å². The van der Waals surface area contributed by atoms with Gasteiger partial charge in [-0.3, -0.25) is 4.98 Å². The molecule has 0 amide bonds. The second kappa shape index (κ2) is 8.18. The smallest absolute Gasteiger partial charge is 0.0992 e. The Hall–Kier alpha value is -2.61. The van der Waals surface area contributed by atoms with Crippen LogP contribution in [-0.4, -0.2) is 35.6 Å². The largest absolute Gasteiger partial charge is 0.382 e. The topological polar surface area (TPSA) is 52.0 Å². The maximum atomic E-state index is 9.28. The van der Waals surface area contributed by atoms with Gasteiger partial charge in [-0.2, -0.15) is 5.26 Å². The number of anilines is 1. The number of nitrogens with zero attached hydrogens (tertiary/aromatic N) is 3. The van der Waals surface area contributed by atoms with Gasteiger partial charge in [-0.25, -0.2) is 0 Å². The molecule has 4 nitrogen and oxygen atoms in total. The molecule has 0 radical (unpaired) electrons. The first-order chi connectivity index (χ1) is 13.7. The van der Waals surface area contributed by atoms with Crippen LogP contribution in [-0.2, 0) is 0 Å². The highest BCUT2D eigenvalue weighted by Crippen LogP contribution is 2.33. The van der Waals surface area contributed by atoms with Crippen LogP contribution in [0.1, 0.15) is 25.3 Å². The summed E-state index contributed by atoms with van der Waals surface area (Å²) in [4.78, 5) is 6.81. The minimum absolute atomic E-state index is 0.454. The number of hydrogen-bond acceptors (Lipinski definition) is 4. The van der Waals surface area contributed by atoms with Gasteiger partial charge in [0, 0.05) is 47.6 Å². The summed E-state index contributed by atoms with van der Waals surface area (Å²) in [5.41, 5.74) is 3.66. The first-order valence-electron chi connectivity index (χ1n) is 9.74. The lowest BCUT2D eigenvalue weighted by Gasteiger charge is -2.32. The summed E-state index contributed by atoms with van der Waals surface area (Å²) in [7, 11) is 0. The van der Waals surface area contributed by atoms with Crippen LogP contribution in [0.3, 0.4) is 0 Å². The van der Waals surface area contributed by atoms with Gasteiger partial charge in [0.05, 0.1) is 11.6 Å². The van der Waals surface area contributed by atoms with Crippen molar-refractivity contribution in [3.05, 3.63) is 59.4 Å². The molecule has 4 rings (SSSR count). The summed E-state index contributed by atoms with van der Waals surface area (Å²) in [6.07, 6.45) is 6.00. The zero-order valence-electron chi connectivity index (χ0n) is 16.0. The molecule has 1 saturated heterocycles. The van der Waals surface area contributed by atoms with Crippen molar-refractivity contribution in [1.82, 2.24) is 9.88 Å². The lowest BCUT2D eigenvalue weighted by atomic mass is 9.98. The standard InChI is InChI=1S/C23H23ClN4/c1-2-28-7-4-21(5-8-28)27-23-13-19(11-17-3-6-26-15-22(17)23)18-9-16(14-25)10-20(24)12-18/h3,6,9-13,15,21,27H,2,4-5,7-8H2,1H3. The van der Waals surface area contributed by atoms with Gasteiger partial charge in [-0.1, -0.05) is 18.5 Å². The molecule has 0 bridgehead atoms. The highest BCUT2D eigenvalue weighted by atomic mass is 35.5. The maximum absolute atomic E-state index is 9.28. The summed E-state index contributed by atoms with van der Waals surface area (Å²) in [5, 5.41) is 15.9. The molecule has 0 spiro atoms. The molecular weight excluding hydrogens is 368 g/mol. The van der Waals surface area contributed by atoms with Gasteiger partial charge in [0.25, 0.3) is 0 Å². The molecule has 28 heavy (non-hydrogen) atoms. The van der Waals surface area contributed by atoms with Crippen molar-refractivity contribution < 1.29 is 0 Å². The van der Waals surface area contributed by atoms with Crippen LogP contribution >= 0.6 is 11.6 Å². The molecular formula is C23H23ClN4. The van der Waals surface area contributed by atoms with Gasteiger partial charge in [0.2, 0.25) is 0 Å². The van der Waals surface area contributed by atoms with Crippen LogP contribution in [0.2, 0.25) is 5.02 Å². The van der Waals surface area contributed by atoms with E-state index in [0.29, 0.717) is 16.6 Å². The molecule has 0 atom stereocenters. The Labute approximate surface area is 170 Å². The molecule has 2 heterocycles. The van der Waals surface area contributed by atoms with E-state index in [1.54, 1.807) is 6.07 Å². The maximum Gasteiger partial charge on any atom is 0.0992 e. The van der Waals surface area contributed by atoms with Gasteiger partial charge in [-0.15, -0.1) is 0 Å². The number of nitriles is 1. The summed E-state index contributed by atoms with van der Waals surface area (Å²) in [6, 6.07) is 14.4. The first kappa shape index (κ1) is 18.7. The molecule has 0 unspecified atom stereocenters. The van der Waals surface area contributed by atoms with Gasteiger partial charge in [0.1, 0.15) is 0 Å². The number of halogens is 1. The second-order valence-electron chi connectivity index (χ2n) is 7.31. The number of likely N-dealkylation sites (tertiary alicyclic amines) is 1. The molecule has 0 saturated carbocycles. The summed E-state index contributed by atoms with van der Waals surface area (Å²) < 4.78 is 0. The van der Waals surface area contributed by atoms with Crippen LogP contribution in [0.4, 0.5) is 5.69 Å². The second-order valence-corrected chi connectivity index (χ2v) is 7.75. The lowest BCUT2D eigenvalue weighted by Crippen LogP contribution is -2.38. The van der Waals surface area contributed by atoms with Crippen molar-refractivity contribution in [2.75, 3.05) is 25.0 Å². The Balaban J connectivity index is 1.72. The van der Waals surface area contributed by atoms with Crippen molar-refractivity contribution in [1.29, 1.82) is 5.26 Å². The van der Waals surface area contributed by atoms with Crippen LogP contribution in [0.5, 0.6) is 0 Å². The third-order valence-corrected chi connectivity index (χ3v) is 5.73. The fourth-order valence-corrected chi connectivity index (χ4v) is 4.15. The normalized spacial score (nSPS) is 15.5. The minimum Gasteiger partial charge on any atom is -0.382 e. The van der Waals surface area contributed by atoms with E-state index < -0.39 is 0 Å². The average molecular weight is 391 g/mol. The summed E-state index contributed by atoms with van der Waals surface area (Å²) in [6.45, 7) is 5.59. The van der Waals surface area contributed by atoms with E-state index in [-0.39, 0.29) is 0 Å². The quantitative estimate of drug-likeness (QED) is 0.654. The van der Waals surface area contributed by atoms with Crippen LogP contribution in [0, 0.1) is 11.3 Å². The van der Waals surface area contributed by atoms with E-state index in [1.165, 1.54) is 0 Å². The molecule has 0 aliphatic carbocycles. The van der Waals surface area contributed by atoms with E-state index in [2.05, 4.69) is 40.3 Å². The molecule has 1 fully saturated rings. The van der Waals surface area contributed by atoms with Crippen molar-refractivity contribution >= 4 is 28.1 Å². The van der Waals surface area contributed by atoms with E-state index in [1.807, 2.05) is 30.6 Å². The summed E-state index contributed by atoms with van der Waals surface area (Å²) in [5.74, 6) is 0. The third kappa shape index (κ3) is 3.96. The fraction of sp³-hybridized carbons (Fsp3) is 0.304. The van der Waals surface area contributed by atoms with E-state index >= 15 is 0 Å². The van der Waals surface area contributed by atoms with Crippen molar-refractivity contribution in [2.45, 2.75) is 25.8 Å². The number of hydrogen-bond donors (Lipinski definition) is 1. The minimum atomic E-state index is 0.454. The Bertz CT molecular complexity index is 1030. The van der Waals surface area contributed by atoms with Crippen LogP contribution in [0.25, 0.3) is 21.9 Å². The first-order valence-corrected chi connectivity index (χ1v) is 10.1. The Morgan fingerprint density at radius 3 is 2.71 bits per heavy atom. The third-order valence-electron chi connectivity index (χ3n) is 5.51. The highest BCUT2D eigenvalue weighted by Gasteiger charge is 2.19. The number of rotatable bonds is 4. The summed E-state index contributed by atoms with van der Waals surface area (Å²) >= 11 is 6.24. The molecule has 1 aliphatic rings. The van der Waals surface area contributed by atoms with Crippen molar-refractivity contribution in [3.63, 3.8) is 0 Å². The number of pyridine rings is 1. The van der Waals surface area contributed by atoms with E-state index in [0.717, 1.165) is 60.1 Å². The van der Waals surface area contributed by atoms with Crippen LogP contribution in [0.15, 0.2) is 48.8 Å². The van der Waals surface area contributed by atoms with Crippen LogP contribution < -0.4 is 5.32 Å². The predicted molar refractivity (Wildman–Crippen MR) is 116 cm³/mol. The zero-order valence-corrected chi connectivity index (χ0v) is 16.7. The lowest BCUT2D eigenvalue weighted by molar-refractivity contribution is 0.229. The molecule has 1 aromatic heterocycles. The monoisotopic (exact) mass is 390 g/mol. The van der Waals surface area contributed by atoms with E-state index in [9.17, 15) is 5.26 Å². The number of fused-ring (bicyclic) bond motifs is 1.